The highest BCUT2D eigenvalue weighted by Gasteiger charge is 2.27. The zero-order valence-corrected chi connectivity index (χ0v) is 9.16. The molecule has 0 amide bonds. The molecule has 14 heavy (non-hydrogen) atoms. The van der Waals surface area contributed by atoms with Crippen LogP contribution in [0.3, 0.4) is 0 Å². The molecule has 0 heterocycles. The van der Waals surface area contributed by atoms with E-state index in [2.05, 4.69) is 0 Å². The molecule has 1 N–H and O–H groups in total. The number of aliphatic hydroxyl groups is 1. The summed E-state index contributed by atoms with van der Waals surface area (Å²) in [6.07, 6.45) is 0.361. The summed E-state index contributed by atoms with van der Waals surface area (Å²) in [6, 6.07) is 0. The maximum atomic E-state index is 11.3. The normalized spacial score (nSPS) is 15.8. The highest BCUT2D eigenvalue weighted by Crippen LogP contribution is 2.16. The first kappa shape index (κ1) is 13.1. The Hall–Kier alpha value is -0.900. The zero-order chi connectivity index (χ0) is 11.4. The van der Waals surface area contributed by atoms with Crippen LogP contribution in [0.15, 0.2) is 0 Å². The van der Waals surface area contributed by atoms with Crippen LogP contribution in [0.25, 0.3) is 0 Å². The minimum atomic E-state index is -1.30. The number of esters is 1. The third kappa shape index (κ3) is 6.60. The third-order valence-electron chi connectivity index (χ3n) is 1.47. The lowest BCUT2D eigenvalue weighted by Crippen LogP contribution is -2.32. The first-order chi connectivity index (χ1) is 6.16. The van der Waals surface area contributed by atoms with Gasteiger partial charge in [0, 0.05) is 6.42 Å². The zero-order valence-electron chi connectivity index (χ0n) is 9.16. The fourth-order valence-electron chi connectivity index (χ4n) is 0.940. The first-order valence-electron chi connectivity index (χ1n) is 4.54. The summed E-state index contributed by atoms with van der Waals surface area (Å²) in [5.41, 5.74) is -1.86. The smallest absolute Gasteiger partial charge is 0.309 e. The lowest BCUT2D eigenvalue weighted by Gasteiger charge is -2.24. The van der Waals surface area contributed by atoms with Crippen LogP contribution in [0.2, 0.25) is 0 Å². The van der Waals surface area contributed by atoms with E-state index in [-0.39, 0.29) is 12.8 Å². The fraction of sp³-hybridized carbons (Fsp3) is 0.800. The molecule has 0 aromatic rings. The molecule has 0 aliphatic rings. The average molecular weight is 202 g/mol. The molecule has 1 atom stereocenters. The van der Waals surface area contributed by atoms with Gasteiger partial charge in [0.25, 0.3) is 0 Å². The maximum absolute atomic E-state index is 11.3. The highest BCUT2D eigenvalue weighted by molar-refractivity contribution is 5.71. The van der Waals surface area contributed by atoms with Crippen molar-refractivity contribution in [2.24, 2.45) is 0 Å². The van der Waals surface area contributed by atoms with E-state index in [1.807, 2.05) is 0 Å². The van der Waals surface area contributed by atoms with Gasteiger partial charge < -0.3 is 14.6 Å². The van der Waals surface area contributed by atoms with E-state index in [9.17, 15) is 14.7 Å². The molecule has 0 aromatic heterocycles. The second-order valence-corrected chi connectivity index (χ2v) is 4.63. The minimum Gasteiger partial charge on any atom is -0.460 e. The summed E-state index contributed by atoms with van der Waals surface area (Å²) in [7, 11) is 0. The number of ether oxygens (including phenoxy) is 1. The predicted octanol–water partition coefficient (Wildman–Crippen LogP) is 1.06. The summed E-state index contributed by atoms with van der Waals surface area (Å²) < 4.78 is 5.01. The van der Waals surface area contributed by atoms with Gasteiger partial charge in [0.15, 0.2) is 0 Å². The van der Waals surface area contributed by atoms with Crippen molar-refractivity contribution in [1.82, 2.24) is 0 Å². The minimum absolute atomic E-state index is 0.0633. The number of rotatable bonds is 4. The lowest BCUT2D eigenvalue weighted by atomic mass is 9.99. The molecule has 0 aromatic carbocycles. The Kier molecular flexibility index (Phi) is 4.26. The molecule has 0 bridgehead atoms. The maximum Gasteiger partial charge on any atom is 0.309 e. The van der Waals surface area contributed by atoms with Crippen molar-refractivity contribution in [3.8, 4) is 0 Å². The SMILES string of the molecule is CC(O)(CC=O)CC(=O)OC(C)(C)C. The second kappa shape index (κ2) is 4.55. The highest BCUT2D eigenvalue weighted by atomic mass is 16.6. The monoisotopic (exact) mass is 202 g/mol. The van der Waals surface area contributed by atoms with Crippen molar-refractivity contribution in [2.75, 3.05) is 0 Å². The van der Waals surface area contributed by atoms with Gasteiger partial charge >= 0.3 is 5.97 Å². The predicted molar refractivity (Wildman–Crippen MR) is 51.8 cm³/mol. The molecule has 4 nitrogen and oxygen atoms in total. The topological polar surface area (TPSA) is 63.6 Å². The lowest BCUT2D eigenvalue weighted by molar-refractivity contribution is -0.159. The van der Waals surface area contributed by atoms with Crippen LogP contribution in [0, 0.1) is 0 Å². The Labute approximate surface area is 84.3 Å². The van der Waals surface area contributed by atoms with Crippen LogP contribution < -0.4 is 0 Å². The summed E-state index contributed by atoms with van der Waals surface area (Å²) in [6.45, 7) is 6.68. The van der Waals surface area contributed by atoms with Crippen molar-refractivity contribution in [3.63, 3.8) is 0 Å². The molecule has 0 rings (SSSR count). The molecule has 82 valence electrons. The molecular weight excluding hydrogens is 184 g/mol. The van der Waals surface area contributed by atoms with Crippen LogP contribution in [-0.2, 0) is 14.3 Å². The number of hydrogen-bond acceptors (Lipinski definition) is 4. The fourth-order valence-corrected chi connectivity index (χ4v) is 0.940. The van der Waals surface area contributed by atoms with Crippen molar-refractivity contribution < 1.29 is 19.4 Å². The average Bonchev–Trinajstić information content (AvgIpc) is 1.78. The van der Waals surface area contributed by atoms with Gasteiger partial charge in [0.05, 0.1) is 12.0 Å². The van der Waals surface area contributed by atoms with Crippen LogP contribution >= 0.6 is 0 Å². The Morgan fingerprint density at radius 3 is 2.21 bits per heavy atom. The molecule has 0 fully saturated rings. The van der Waals surface area contributed by atoms with Crippen molar-refractivity contribution >= 4 is 12.3 Å². The number of carbonyl (C=O) groups excluding carboxylic acids is 2. The quantitative estimate of drug-likeness (QED) is 0.547. The molecule has 0 saturated carbocycles. The van der Waals surface area contributed by atoms with E-state index in [1.165, 1.54) is 6.92 Å². The molecule has 0 spiro atoms. The van der Waals surface area contributed by atoms with Crippen molar-refractivity contribution in [3.05, 3.63) is 0 Å². The number of hydrogen-bond donors (Lipinski definition) is 1. The van der Waals surface area contributed by atoms with Crippen LogP contribution in [0.4, 0.5) is 0 Å². The Morgan fingerprint density at radius 2 is 1.86 bits per heavy atom. The molecule has 0 aliphatic heterocycles. The van der Waals surface area contributed by atoms with E-state index in [4.69, 9.17) is 4.74 Å². The molecular formula is C10H18O4. The summed E-state index contributed by atoms with van der Waals surface area (Å²) >= 11 is 0. The van der Waals surface area contributed by atoms with Crippen molar-refractivity contribution in [1.29, 1.82) is 0 Å². The van der Waals surface area contributed by atoms with Crippen LogP contribution in [-0.4, -0.2) is 28.6 Å². The van der Waals surface area contributed by atoms with E-state index in [1.54, 1.807) is 20.8 Å². The van der Waals surface area contributed by atoms with Gasteiger partial charge in [0.1, 0.15) is 11.9 Å². The standard InChI is InChI=1S/C10H18O4/c1-9(2,3)14-8(12)7-10(4,13)5-6-11/h6,13H,5,7H2,1-4H3. The second-order valence-electron chi connectivity index (χ2n) is 4.63. The van der Waals surface area contributed by atoms with Gasteiger partial charge in [-0.1, -0.05) is 0 Å². The van der Waals surface area contributed by atoms with Crippen LogP contribution in [0.1, 0.15) is 40.5 Å². The summed E-state index contributed by atoms with van der Waals surface area (Å²) in [4.78, 5) is 21.4. The summed E-state index contributed by atoms with van der Waals surface area (Å²) in [5.74, 6) is -0.496. The van der Waals surface area contributed by atoms with Gasteiger partial charge in [0.2, 0.25) is 0 Å². The van der Waals surface area contributed by atoms with E-state index >= 15 is 0 Å². The van der Waals surface area contributed by atoms with Crippen molar-refractivity contribution in [2.45, 2.75) is 51.7 Å². The van der Waals surface area contributed by atoms with Gasteiger partial charge in [-0.25, -0.2) is 0 Å². The molecule has 0 radical (unpaired) electrons. The number of aldehydes is 1. The third-order valence-corrected chi connectivity index (χ3v) is 1.47. The summed E-state index contributed by atoms with van der Waals surface area (Å²) in [5, 5.41) is 9.55. The van der Waals surface area contributed by atoms with E-state index in [0.717, 1.165) is 0 Å². The Bertz CT molecular complexity index is 213. The molecule has 0 saturated heterocycles. The van der Waals surface area contributed by atoms with Gasteiger partial charge in [-0.05, 0) is 27.7 Å². The van der Waals surface area contributed by atoms with Crippen LogP contribution in [0.5, 0.6) is 0 Å². The van der Waals surface area contributed by atoms with E-state index < -0.39 is 17.2 Å². The largest absolute Gasteiger partial charge is 0.460 e. The number of carbonyl (C=O) groups is 2. The molecule has 4 heteroatoms. The first-order valence-corrected chi connectivity index (χ1v) is 4.54. The van der Waals surface area contributed by atoms with Gasteiger partial charge in [-0.3, -0.25) is 4.79 Å². The Balaban J connectivity index is 4.12. The molecule has 0 aliphatic carbocycles. The van der Waals surface area contributed by atoms with Gasteiger partial charge in [-0.2, -0.15) is 0 Å². The molecule has 1 unspecified atom stereocenters. The van der Waals surface area contributed by atoms with Gasteiger partial charge in [-0.15, -0.1) is 0 Å². The Morgan fingerprint density at radius 1 is 1.36 bits per heavy atom. The van der Waals surface area contributed by atoms with E-state index in [0.29, 0.717) is 6.29 Å².